The molecule has 0 aliphatic carbocycles. The Morgan fingerprint density at radius 1 is 1.29 bits per heavy atom. The van der Waals surface area contributed by atoms with Gasteiger partial charge in [-0.1, -0.05) is 36.4 Å². The first-order chi connectivity index (χ1) is 10.1. The third kappa shape index (κ3) is 3.80. The maximum Gasteiger partial charge on any atom is 0.137 e. The number of aryl methyl sites for hydroxylation is 2. The van der Waals surface area contributed by atoms with Gasteiger partial charge >= 0.3 is 0 Å². The molecule has 1 aromatic heterocycles. The minimum atomic E-state index is 0.831. The summed E-state index contributed by atoms with van der Waals surface area (Å²) in [7, 11) is 0. The van der Waals surface area contributed by atoms with Crippen molar-refractivity contribution >= 4 is 11.4 Å². The van der Waals surface area contributed by atoms with Crippen LogP contribution in [-0.2, 0) is 6.42 Å². The van der Waals surface area contributed by atoms with E-state index in [1.54, 1.807) is 6.33 Å². The third-order valence-electron chi connectivity index (χ3n) is 3.47. The van der Waals surface area contributed by atoms with Crippen molar-refractivity contribution in [1.82, 2.24) is 9.97 Å². The van der Waals surface area contributed by atoms with Crippen LogP contribution in [-0.4, -0.2) is 16.5 Å². The summed E-state index contributed by atoms with van der Waals surface area (Å²) in [6, 6.07) is 8.56. The summed E-state index contributed by atoms with van der Waals surface area (Å²) in [4.78, 5) is 8.59. The van der Waals surface area contributed by atoms with E-state index in [0.717, 1.165) is 35.6 Å². The summed E-state index contributed by atoms with van der Waals surface area (Å²) in [5.74, 6) is 0.851. The van der Waals surface area contributed by atoms with E-state index in [4.69, 9.17) is 0 Å². The highest BCUT2D eigenvalue weighted by atomic mass is 15.0. The zero-order valence-corrected chi connectivity index (χ0v) is 12.9. The van der Waals surface area contributed by atoms with Crippen molar-refractivity contribution in [3.63, 3.8) is 0 Å². The van der Waals surface area contributed by atoms with Crippen LogP contribution in [0.5, 0.6) is 0 Å². The van der Waals surface area contributed by atoms with Gasteiger partial charge in [-0.2, -0.15) is 0 Å². The van der Waals surface area contributed by atoms with Gasteiger partial charge in [0.2, 0.25) is 0 Å². The van der Waals surface area contributed by atoms with Gasteiger partial charge in [-0.25, -0.2) is 9.97 Å². The summed E-state index contributed by atoms with van der Waals surface area (Å²) in [6.45, 7) is 10.6. The Hall–Kier alpha value is -2.38. The first-order valence-electron chi connectivity index (χ1n) is 7.10. The van der Waals surface area contributed by atoms with Gasteiger partial charge in [0, 0.05) is 17.7 Å². The molecule has 0 radical (unpaired) electrons. The van der Waals surface area contributed by atoms with Gasteiger partial charge in [0.25, 0.3) is 0 Å². The molecular weight excluding hydrogens is 258 g/mol. The molecule has 0 saturated carbocycles. The Bertz CT molecular complexity index is 683. The molecule has 0 spiro atoms. The van der Waals surface area contributed by atoms with Crippen LogP contribution in [0.2, 0.25) is 0 Å². The second-order valence-corrected chi connectivity index (χ2v) is 5.15. The molecular formula is C18H21N3. The fourth-order valence-corrected chi connectivity index (χ4v) is 2.34. The summed E-state index contributed by atoms with van der Waals surface area (Å²) >= 11 is 0. The summed E-state index contributed by atoms with van der Waals surface area (Å²) in [5, 5.41) is 3.40. The molecule has 3 heteroatoms. The van der Waals surface area contributed by atoms with Crippen LogP contribution in [0.3, 0.4) is 0 Å². The number of anilines is 1. The zero-order valence-electron chi connectivity index (χ0n) is 12.9. The second-order valence-electron chi connectivity index (χ2n) is 5.15. The van der Waals surface area contributed by atoms with Crippen molar-refractivity contribution in [3.8, 4) is 0 Å². The highest BCUT2D eigenvalue weighted by Crippen LogP contribution is 2.22. The molecule has 1 heterocycles. The average Bonchev–Trinajstić information content (AvgIpc) is 2.47. The number of rotatable bonds is 5. The highest BCUT2D eigenvalue weighted by molar-refractivity contribution is 5.73. The minimum absolute atomic E-state index is 0.831. The van der Waals surface area contributed by atoms with Crippen LogP contribution in [0.25, 0.3) is 5.57 Å². The van der Waals surface area contributed by atoms with Crippen LogP contribution < -0.4 is 5.32 Å². The zero-order chi connectivity index (χ0) is 15.2. The Balaban J connectivity index is 2.10. The molecule has 0 unspecified atom stereocenters. The van der Waals surface area contributed by atoms with Gasteiger partial charge in [-0.05, 0) is 32.8 Å². The molecule has 1 aromatic carbocycles. The first-order valence-corrected chi connectivity index (χ1v) is 7.10. The molecule has 3 nitrogen and oxygen atoms in total. The minimum Gasteiger partial charge on any atom is -0.369 e. The average molecular weight is 279 g/mol. The molecule has 108 valence electrons. The van der Waals surface area contributed by atoms with Crippen molar-refractivity contribution in [2.75, 3.05) is 11.9 Å². The number of hydrogen-bond donors (Lipinski definition) is 1. The number of nitrogens with one attached hydrogen (secondary N) is 1. The van der Waals surface area contributed by atoms with E-state index in [1.165, 1.54) is 11.1 Å². The maximum absolute atomic E-state index is 4.35. The van der Waals surface area contributed by atoms with Gasteiger partial charge in [-0.15, -0.1) is 5.73 Å². The molecule has 0 bridgehead atoms. The fraction of sp³-hybridized carbons (Fsp3) is 0.278. The van der Waals surface area contributed by atoms with Gasteiger partial charge in [0.05, 0.1) is 5.69 Å². The Kier molecular flexibility index (Phi) is 4.91. The van der Waals surface area contributed by atoms with Crippen molar-refractivity contribution in [2.24, 2.45) is 0 Å². The van der Waals surface area contributed by atoms with Gasteiger partial charge in [0.15, 0.2) is 0 Å². The normalized spacial score (nSPS) is 10.0. The van der Waals surface area contributed by atoms with Crippen LogP contribution >= 0.6 is 0 Å². The molecule has 0 aliphatic heterocycles. The third-order valence-corrected chi connectivity index (χ3v) is 3.47. The van der Waals surface area contributed by atoms with Crippen LogP contribution in [0, 0.1) is 13.8 Å². The van der Waals surface area contributed by atoms with Crippen molar-refractivity contribution in [3.05, 3.63) is 65.3 Å². The summed E-state index contributed by atoms with van der Waals surface area (Å²) in [5.41, 5.74) is 8.44. The summed E-state index contributed by atoms with van der Waals surface area (Å²) < 4.78 is 0. The number of hydrogen-bond acceptors (Lipinski definition) is 3. The van der Waals surface area contributed by atoms with E-state index < -0.39 is 0 Å². The standard InChI is InChI=1S/C18H21N3/c1-5-14(3)17-15(4)20-12-21-18(17)19-10-9-16-8-6-7-13(2)11-16/h6-8,11-12H,1,9-10H2,2-4H3,(H,19,20,21). The molecule has 0 aliphatic rings. The molecule has 2 rings (SSSR count). The highest BCUT2D eigenvalue weighted by Gasteiger charge is 2.09. The van der Waals surface area contributed by atoms with Crippen LogP contribution in [0.4, 0.5) is 5.82 Å². The number of benzene rings is 1. The maximum atomic E-state index is 4.35. The SMILES string of the molecule is C=C=C(C)c1c(C)ncnc1NCCc1cccc(C)c1. The molecule has 0 saturated heterocycles. The predicted molar refractivity (Wildman–Crippen MR) is 88.4 cm³/mol. The monoisotopic (exact) mass is 279 g/mol. The van der Waals surface area contributed by atoms with E-state index in [-0.39, 0.29) is 0 Å². The topological polar surface area (TPSA) is 37.8 Å². The van der Waals surface area contributed by atoms with E-state index in [1.807, 2.05) is 13.8 Å². The van der Waals surface area contributed by atoms with Crippen LogP contribution in [0.15, 0.2) is 42.9 Å². The molecule has 2 aromatic rings. The van der Waals surface area contributed by atoms with E-state index >= 15 is 0 Å². The lowest BCUT2D eigenvalue weighted by Gasteiger charge is -2.12. The molecule has 21 heavy (non-hydrogen) atoms. The summed E-state index contributed by atoms with van der Waals surface area (Å²) in [6.07, 6.45) is 2.55. The van der Waals surface area contributed by atoms with Gasteiger partial charge in [0.1, 0.15) is 12.1 Å². The predicted octanol–water partition coefficient (Wildman–Crippen LogP) is 3.94. The Morgan fingerprint density at radius 2 is 2.10 bits per heavy atom. The van der Waals surface area contributed by atoms with Crippen molar-refractivity contribution in [1.29, 1.82) is 0 Å². The number of nitrogens with zero attached hydrogens (tertiary/aromatic N) is 2. The molecule has 0 atom stereocenters. The number of allylic oxidation sites excluding steroid dienone is 1. The lowest BCUT2D eigenvalue weighted by molar-refractivity contribution is 0.986. The lowest BCUT2D eigenvalue weighted by atomic mass is 10.1. The molecule has 1 N–H and O–H groups in total. The largest absolute Gasteiger partial charge is 0.369 e. The van der Waals surface area contributed by atoms with Gasteiger partial charge < -0.3 is 5.32 Å². The van der Waals surface area contributed by atoms with E-state index in [2.05, 4.69) is 58.8 Å². The molecule has 0 fully saturated rings. The van der Waals surface area contributed by atoms with E-state index in [0.29, 0.717) is 0 Å². The van der Waals surface area contributed by atoms with Gasteiger partial charge in [-0.3, -0.25) is 0 Å². The number of aromatic nitrogens is 2. The Labute approximate surface area is 126 Å². The smallest absolute Gasteiger partial charge is 0.137 e. The van der Waals surface area contributed by atoms with Crippen molar-refractivity contribution in [2.45, 2.75) is 27.2 Å². The van der Waals surface area contributed by atoms with Crippen LogP contribution in [0.1, 0.15) is 29.3 Å². The van der Waals surface area contributed by atoms with E-state index in [9.17, 15) is 0 Å². The fourth-order valence-electron chi connectivity index (χ4n) is 2.34. The molecule has 0 amide bonds. The lowest BCUT2D eigenvalue weighted by Crippen LogP contribution is -2.09. The Morgan fingerprint density at radius 3 is 2.81 bits per heavy atom. The quantitative estimate of drug-likeness (QED) is 0.842. The van der Waals surface area contributed by atoms with Crippen molar-refractivity contribution < 1.29 is 0 Å². The second kappa shape index (κ2) is 6.87. The first kappa shape index (κ1) is 15.0.